The number of rotatable bonds is 3. The number of urea groups is 1. The van der Waals surface area contributed by atoms with E-state index in [4.69, 9.17) is 9.47 Å². The number of ether oxygens (including phenoxy) is 2. The molecule has 124 valence electrons. The van der Waals surface area contributed by atoms with Crippen molar-refractivity contribution in [3.8, 4) is 5.75 Å². The van der Waals surface area contributed by atoms with Crippen LogP contribution in [0.5, 0.6) is 5.75 Å². The third-order valence-corrected chi connectivity index (χ3v) is 4.53. The van der Waals surface area contributed by atoms with Gasteiger partial charge in [-0.15, -0.1) is 0 Å². The summed E-state index contributed by atoms with van der Waals surface area (Å²) in [5.41, 5.74) is 1.69. The van der Waals surface area contributed by atoms with Crippen molar-refractivity contribution < 1.29 is 19.1 Å². The van der Waals surface area contributed by atoms with Gasteiger partial charge in [0, 0.05) is 29.8 Å². The molecule has 6 nitrogen and oxygen atoms in total. The summed E-state index contributed by atoms with van der Waals surface area (Å²) in [6.45, 7) is 1.73. The van der Waals surface area contributed by atoms with Crippen molar-refractivity contribution in [1.29, 1.82) is 0 Å². The number of allylic oxidation sites excluding steroid dienone is 1. The van der Waals surface area contributed by atoms with Gasteiger partial charge in [-0.2, -0.15) is 0 Å². The maximum absolute atomic E-state index is 12.5. The maximum atomic E-state index is 12.5. The van der Waals surface area contributed by atoms with E-state index in [1.165, 1.54) is 16.9 Å². The highest BCUT2D eigenvalue weighted by Gasteiger charge is 2.40. The van der Waals surface area contributed by atoms with Crippen LogP contribution in [0, 0.1) is 0 Å². The molecule has 1 heterocycles. The monoisotopic (exact) mass is 382 g/mol. The number of nitrogens with zero attached hydrogens (tertiary/aromatic N) is 2. The van der Waals surface area contributed by atoms with Gasteiger partial charge in [0.25, 0.3) is 0 Å². The third kappa shape index (κ3) is 2.93. The van der Waals surface area contributed by atoms with Gasteiger partial charge in [0.05, 0.1) is 25.8 Å². The van der Waals surface area contributed by atoms with Gasteiger partial charge in [-0.05, 0) is 25.1 Å². The lowest BCUT2D eigenvalue weighted by molar-refractivity contribution is -0.137. The van der Waals surface area contributed by atoms with Crippen LogP contribution in [0.3, 0.4) is 0 Å². The molecule has 0 aliphatic carbocycles. The van der Waals surface area contributed by atoms with Crippen LogP contribution in [0.2, 0.25) is 0 Å². The van der Waals surface area contributed by atoms with Crippen molar-refractivity contribution in [1.82, 2.24) is 9.80 Å². The Kier molecular flexibility index (Phi) is 4.99. The Labute approximate surface area is 143 Å². The van der Waals surface area contributed by atoms with E-state index in [1.807, 2.05) is 12.1 Å². The second kappa shape index (κ2) is 6.62. The number of hydrogen-bond acceptors (Lipinski definition) is 4. The van der Waals surface area contributed by atoms with Crippen LogP contribution in [0.4, 0.5) is 4.79 Å². The molecule has 0 N–H and O–H groups in total. The molecule has 1 aliphatic heterocycles. The van der Waals surface area contributed by atoms with Gasteiger partial charge in [0.2, 0.25) is 0 Å². The Hall–Kier alpha value is -2.02. The number of carbonyl (C=O) groups excluding carboxylic acids is 2. The number of halogens is 1. The zero-order chi connectivity index (χ0) is 17.3. The minimum atomic E-state index is -0.585. The molecule has 0 saturated heterocycles. The molecule has 2 amide bonds. The standard InChI is InChI=1S/C16H19BrN2O4/c1-9-13(15(20)23-5)14(19(3)16(21)18(9)2)11-8-10(17)6-7-12(11)22-4/h6-8,14H,1-5H3/t14-/m0/s1. The number of amides is 2. The van der Waals surface area contributed by atoms with Gasteiger partial charge >= 0.3 is 12.0 Å². The minimum absolute atomic E-state index is 0.206. The second-order valence-electron chi connectivity index (χ2n) is 5.23. The Bertz CT molecular complexity index is 687. The van der Waals surface area contributed by atoms with Crippen LogP contribution in [0.25, 0.3) is 0 Å². The van der Waals surface area contributed by atoms with E-state index >= 15 is 0 Å². The van der Waals surface area contributed by atoms with Crippen LogP contribution < -0.4 is 4.74 Å². The summed E-state index contributed by atoms with van der Waals surface area (Å²) >= 11 is 3.43. The highest BCUT2D eigenvalue weighted by molar-refractivity contribution is 9.10. The molecule has 23 heavy (non-hydrogen) atoms. The van der Waals surface area contributed by atoms with Crippen molar-refractivity contribution in [3.05, 3.63) is 39.5 Å². The average molecular weight is 383 g/mol. The van der Waals surface area contributed by atoms with Gasteiger partial charge in [0.15, 0.2) is 0 Å². The highest BCUT2D eigenvalue weighted by Crippen LogP contribution is 2.40. The second-order valence-corrected chi connectivity index (χ2v) is 6.15. The number of carbonyl (C=O) groups is 2. The normalized spacial score (nSPS) is 18.3. The number of methoxy groups -OCH3 is 2. The fourth-order valence-electron chi connectivity index (χ4n) is 2.72. The molecule has 0 aromatic heterocycles. The largest absolute Gasteiger partial charge is 0.496 e. The van der Waals surface area contributed by atoms with Crippen LogP contribution in [-0.2, 0) is 9.53 Å². The van der Waals surface area contributed by atoms with Crippen LogP contribution >= 0.6 is 15.9 Å². The van der Waals surface area contributed by atoms with Gasteiger partial charge in [-0.25, -0.2) is 9.59 Å². The van der Waals surface area contributed by atoms with E-state index in [-0.39, 0.29) is 6.03 Å². The minimum Gasteiger partial charge on any atom is -0.496 e. The Morgan fingerprint density at radius 2 is 1.91 bits per heavy atom. The summed E-state index contributed by atoms with van der Waals surface area (Å²) in [5, 5.41) is 0. The lowest BCUT2D eigenvalue weighted by atomic mass is 9.93. The first-order chi connectivity index (χ1) is 10.8. The van der Waals surface area contributed by atoms with Gasteiger partial charge < -0.3 is 19.3 Å². The first-order valence-corrected chi connectivity index (χ1v) is 7.75. The van der Waals surface area contributed by atoms with Crippen LogP contribution in [0.15, 0.2) is 33.9 Å². The molecule has 7 heteroatoms. The number of hydrogen-bond donors (Lipinski definition) is 0. The summed E-state index contributed by atoms with van der Waals surface area (Å²) in [4.78, 5) is 27.8. The Balaban J connectivity index is 2.73. The molecule has 1 atom stereocenters. The van der Waals surface area contributed by atoms with Gasteiger partial charge in [-0.3, -0.25) is 0 Å². The van der Waals surface area contributed by atoms with Gasteiger partial charge in [0.1, 0.15) is 5.75 Å². The summed E-state index contributed by atoms with van der Waals surface area (Å²) in [5.74, 6) is 0.123. The van der Waals surface area contributed by atoms with Crippen molar-refractivity contribution in [2.45, 2.75) is 13.0 Å². The van der Waals surface area contributed by atoms with E-state index in [9.17, 15) is 9.59 Å². The molecule has 0 saturated carbocycles. The molecule has 1 aliphatic rings. The number of likely N-dealkylation sites (N-methyl/N-ethyl adjacent to an activating group) is 1. The van der Waals surface area contributed by atoms with Crippen LogP contribution in [0.1, 0.15) is 18.5 Å². The summed E-state index contributed by atoms with van der Waals surface area (Å²) in [6.07, 6.45) is 0. The third-order valence-electron chi connectivity index (χ3n) is 4.03. The Morgan fingerprint density at radius 3 is 2.48 bits per heavy atom. The molecule has 0 radical (unpaired) electrons. The van der Waals surface area contributed by atoms with Crippen molar-refractivity contribution in [3.63, 3.8) is 0 Å². The molecule has 0 unspecified atom stereocenters. The fourth-order valence-corrected chi connectivity index (χ4v) is 3.09. The summed E-state index contributed by atoms with van der Waals surface area (Å²) in [7, 11) is 6.16. The van der Waals surface area contributed by atoms with E-state index in [1.54, 1.807) is 34.2 Å². The molecular formula is C16H19BrN2O4. The van der Waals surface area contributed by atoms with Crippen molar-refractivity contribution >= 4 is 27.9 Å². The zero-order valence-electron chi connectivity index (χ0n) is 13.7. The first-order valence-electron chi connectivity index (χ1n) is 6.96. The SMILES string of the molecule is COC(=O)C1=C(C)N(C)C(=O)N(C)[C@H]1c1cc(Br)ccc1OC. The predicted molar refractivity (Wildman–Crippen MR) is 89.1 cm³/mol. The van der Waals surface area contributed by atoms with Crippen molar-refractivity contribution in [2.24, 2.45) is 0 Å². The fraction of sp³-hybridized carbons (Fsp3) is 0.375. The molecule has 0 spiro atoms. The predicted octanol–water partition coefficient (Wildman–Crippen LogP) is 2.94. The molecular weight excluding hydrogens is 364 g/mol. The average Bonchev–Trinajstić information content (AvgIpc) is 2.55. The molecule has 0 fully saturated rings. The quantitative estimate of drug-likeness (QED) is 0.754. The highest BCUT2D eigenvalue weighted by atomic mass is 79.9. The van der Waals surface area contributed by atoms with Gasteiger partial charge in [-0.1, -0.05) is 15.9 Å². The van der Waals surface area contributed by atoms with E-state index in [0.717, 1.165) is 4.47 Å². The maximum Gasteiger partial charge on any atom is 0.337 e. The molecule has 1 aromatic rings. The van der Waals surface area contributed by atoms with E-state index in [0.29, 0.717) is 22.6 Å². The van der Waals surface area contributed by atoms with E-state index < -0.39 is 12.0 Å². The number of benzene rings is 1. The van der Waals surface area contributed by atoms with E-state index in [2.05, 4.69) is 15.9 Å². The molecule has 1 aromatic carbocycles. The van der Waals surface area contributed by atoms with Crippen LogP contribution in [-0.4, -0.2) is 50.1 Å². The number of esters is 1. The molecule has 2 rings (SSSR count). The summed E-state index contributed by atoms with van der Waals surface area (Å²) < 4.78 is 11.2. The smallest absolute Gasteiger partial charge is 0.337 e. The topological polar surface area (TPSA) is 59.1 Å². The lowest BCUT2D eigenvalue weighted by Crippen LogP contribution is -2.47. The summed E-state index contributed by atoms with van der Waals surface area (Å²) in [6, 6.07) is 4.68. The lowest BCUT2D eigenvalue weighted by Gasteiger charge is -2.39. The molecule has 0 bridgehead atoms. The zero-order valence-corrected chi connectivity index (χ0v) is 15.3. The Morgan fingerprint density at radius 1 is 1.26 bits per heavy atom. The first kappa shape index (κ1) is 17.3. The van der Waals surface area contributed by atoms with Crippen molar-refractivity contribution in [2.75, 3.05) is 28.3 Å².